The van der Waals surface area contributed by atoms with Crippen molar-refractivity contribution in [2.24, 2.45) is 7.05 Å². The molecule has 2 aromatic rings. The SMILES string of the molecule is Cc1nc2c(C#N)nc(/C=C/C(=O)O)nc2n1C. The molecule has 0 spiro atoms. The lowest BCUT2D eigenvalue weighted by Crippen LogP contribution is -1.98. The smallest absolute Gasteiger partial charge is 0.328 e. The van der Waals surface area contributed by atoms with Gasteiger partial charge in [-0.25, -0.2) is 19.7 Å². The monoisotopic (exact) mass is 243 g/mol. The van der Waals surface area contributed by atoms with Crippen molar-refractivity contribution in [3.63, 3.8) is 0 Å². The van der Waals surface area contributed by atoms with Crippen LogP contribution in [0.1, 0.15) is 17.3 Å². The fourth-order valence-electron chi connectivity index (χ4n) is 1.49. The fraction of sp³-hybridized carbons (Fsp3) is 0.182. The van der Waals surface area contributed by atoms with Gasteiger partial charge in [0.25, 0.3) is 0 Å². The molecule has 2 aromatic heterocycles. The quantitative estimate of drug-likeness (QED) is 0.776. The van der Waals surface area contributed by atoms with E-state index in [1.54, 1.807) is 18.5 Å². The molecule has 2 heterocycles. The van der Waals surface area contributed by atoms with E-state index < -0.39 is 5.97 Å². The van der Waals surface area contributed by atoms with Crippen LogP contribution < -0.4 is 0 Å². The molecular formula is C11H9N5O2. The lowest BCUT2D eigenvalue weighted by Gasteiger charge is -1.98. The van der Waals surface area contributed by atoms with Gasteiger partial charge in [0.1, 0.15) is 17.4 Å². The summed E-state index contributed by atoms with van der Waals surface area (Å²) in [6.45, 7) is 1.79. The highest BCUT2D eigenvalue weighted by Gasteiger charge is 2.12. The molecule has 0 unspecified atom stereocenters. The minimum absolute atomic E-state index is 0.133. The Balaban J connectivity index is 2.69. The molecule has 0 aliphatic rings. The second-order valence-corrected chi connectivity index (χ2v) is 3.60. The molecule has 7 heteroatoms. The van der Waals surface area contributed by atoms with Gasteiger partial charge in [-0.1, -0.05) is 0 Å². The predicted molar refractivity (Wildman–Crippen MR) is 62.4 cm³/mol. The number of carboxylic acid groups (broad SMARTS) is 1. The maximum Gasteiger partial charge on any atom is 0.328 e. The van der Waals surface area contributed by atoms with Crippen molar-refractivity contribution < 1.29 is 9.90 Å². The normalized spacial score (nSPS) is 10.9. The van der Waals surface area contributed by atoms with Crippen LogP contribution in [0.25, 0.3) is 17.2 Å². The topological polar surface area (TPSA) is 105 Å². The van der Waals surface area contributed by atoms with E-state index in [0.717, 1.165) is 6.08 Å². The van der Waals surface area contributed by atoms with Gasteiger partial charge in [0, 0.05) is 13.1 Å². The Kier molecular flexibility index (Phi) is 2.77. The first kappa shape index (κ1) is 11.7. The summed E-state index contributed by atoms with van der Waals surface area (Å²) in [6.07, 6.45) is 2.16. The number of hydrogen-bond acceptors (Lipinski definition) is 5. The Morgan fingerprint density at radius 1 is 1.44 bits per heavy atom. The van der Waals surface area contributed by atoms with E-state index in [9.17, 15) is 4.79 Å². The Hall–Kier alpha value is -2.75. The Morgan fingerprint density at radius 2 is 2.17 bits per heavy atom. The van der Waals surface area contributed by atoms with Crippen LogP contribution in [0.3, 0.4) is 0 Å². The van der Waals surface area contributed by atoms with Crippen LogP contribution in [0.5, 0.6) is 0 Å². The second-order valence-electron chi connectivity index (χ2n) is 3.60. The van der Waals surface area contributed by atoms with E-state index in [0.29, 0.717) is 17.0 Å². The highest BCUT2D eigenvalue weighted by molar-refractivity contribution is 5.85. The van der Waals surface area contributed by atoms with E-state index >= 15 is 0 Å². The van der Waals surface area contributed by atoms with Gasteiger partial charge in [0.05, 0.1) is 0 Å². The molecule has 0 atom stereocenters. The largest absolute Gasteiger partial charge is 0.478 e. The highest BCUT2D eigenvalue weighted by atomic mass is 16.4. The molecule has 2 rings (SSSR count). The van der Waals surface area contributed by atoms with E-state index in [4.69, 9.17) is 10.4 Å². The summed E-state index contributed by atoms with van der Waals surface area (Å²) in [5.74, 6) is -0.224. The van der Waals surface area contributed by atoms with Crippen LogP contribution in [0.4, 0.5) is 0 Å². The minimum atomic E-state index is -1.10. The molecule has 1 N–H and O–H groups in total. The Morgan fingerprint density at radius 3 is 2.78 bits per heavy atom. The predicted octanol–water partition coefficient (Wildman–Crippen LogP) is 0.641. The first-order valence-corrected chi connectivity index (χ1v) is 5.05. The van der Waals surface area contributed by atoms with Crippen LogP contribution in [-0.2, 0) is 11.8 Å². The number of fused-ring (bicyclic) bond motifs is 1. The average molecular weight is 243 g/mol. The highest BCUT2D eigenvalue weighted by Crippen LogP contribution is 2.15. The first-order valence-electron chi connectivity index (χ1n) is 5.05. The van der Waals surface area contributed by atoms with Crippen molar-refractivity contribution in [1.82, 2.24) is 19.5 Å². The number of carbonyl (C=O) groups is 1. The number of aliphatic carboxylic acids is 1. The average Bonchev–Trinajstić information content (AvgIpc) is 2.62. The summed E-state index contributed by atoms with van der Waals surface area (Å²) >= 11 is 0. The standard InChI is InChI=1S/C11H9N5O2/c1-6-13-10-7(5-12)14-8(3-4-9(17)18)15-11(10)16(6)2/h3-4H,1-2H3,(H,17,18)/b4-3+. The summed E-state index contributed by atoms with van der Waals surface area (Å²) < 4.78 is 1.72. The number of carboxylic acids is 1. The molecule has 0 aromatic carbocycles. The number of imidazole rings is 1. The van der Waals surface area contributed by atoms with Crippen molar-refractivity contribution in [1.29, 1.82) is 5.26 Å². The number of nitrogens with zero attached hydrogens (tertiary/aromatic N) is 5. The minimum Gasteiger partial charge on any atom is -0.478 e. The summed E-state index contributed by atoms with van der Waals surface area (Å²) in [5, 5.41) is 17.6. The van der Waals surface area contributed by atoms with Crippen LogP contribution in [0.15, 0.2) is 6.08 Å². The van der Waals surface area contributed by atoms with E-state index in [1.807, 2.05) is 6.07 Å². The third kappa shape index (κ3) is 1.91. The molecule has 90 valence electrons. The van der Waals surface area contributed by atoms with Gasteiger partial charge < -0.3 is 9.67 Å². The third-order valence-corrected chi connectivity index (χ3v) is 2.44. The molecule has 0 aliphatic carbocycles. The summed E-state index contributed by atoms with van der Waals surface area (Å²) in [4.78, 5) is 22.7. The molecule has 0 radical (unpaired) electrons. The zero-order valence-electron chi connectivity index (χ0n) is 9.75. The number of aryl methyl sites for hydroxylation is 2. The lowest BCUT2D eigenvalue weighted by atomic mass is 10.3. The number of aromatic nitrogens is 4. The lowest BCUT2D eigenvalue weighted by molar-refractivity contribution is -0.131. The number of rotatable bonds is 2. The third-order valence-electron chi connectivity index (χ3n) is 2.44. The summed E-state index contributed by atoms with van der Waals surface area (Å²) in [7, 11) is 1.77. The van der Waals surface area contributed by atoms with Crippen molar-refractivity contribution in [3.05, 3.63) is 23.4 Å². The molecule has 0 saturated heterocycles. The summed E-state index contributed by atoms with van der Waals surface area (Å²) in [6, 6.07) is 1.93. The van der Waals surface area contributed by atoms with Gasteiger partial charge in [-0.05, 0) is 13.0 Å². The molecule has 18 heavy (non-hydrogen) atoms. The van der Waals surface area contributed by atoms with Crippen molar-refractivity contribution in [2.75, 3.05) is 0 Å². The van der Waals surface area contributed by atoms with Crippen LogP contribution in [-0.4, -0.2) is 30.6 Å². The van der Waals surface area contributed by atoms with Gasteiger partial charge >= 0.3 is 5.97 Å². The van der Waals surface area contributed by atoms with Gasteiger partial charge in [-0.15, -0.1) is 0 Å². The Bertz CT molecular complexity index is 708. The van der Waals surface area contributed by atoms with Crippen molar-refractivity contribution in [2.45, 2.75) is 6.92 Å². The second kappa shape index (κ2) is 4.25. The van der Waals surface area contributed by atoms with Crippen molar-refractivity contribution >= 4 is 23.2 Å². The van der Waals surface area contributed by atoms with Gasteiger partial charge in [-0.2, -0.15) is 5.26 Å². The van der Waals surface area contributed by atoms with E-state index in [-0.39, 0.29) is 11.5 Å². The molecule has 0 bridgehead atoms. The van der Waals surface area contributed by atoms with E-state index in [1.165, 1.54) is 6.08 Å². The molecular weight excluding hydrogens is 234 g/mol. The molecule has 0 aliphatic heterocycles. The van der Waals surface area contributed by atoms with E-state index in [2.05, 4.69) is 15.0 Å². The zero-order chi connectivity index (χ0) is 13.3. The zero-order valence-corrected chi connectivity index (χ0v) is 9.75. The molecule has 0 fully saturated rings. The fourth-order valence-corrected chi connectivity index (χ4v) is 1.49. The molecule has 0 amide bonds. The van der Waals surface area contributed by atoms with Crippen LogP contribution in [0.2, 0.25) is 0 Å². The Labute approximate surface area is 102 Å². The summed E-state index contributed by atoms with van der Waals surface area (Å²) in [5.41, 5.74) is 1.06. The van der Waals surface area contributed by atoms with Gasteiger partial charge in [0.15, 0.2) is 17.2 Å². The van der Waals surface area contributed by atoms with Gasteiger partial charge in [-0.3, -0.25) is 0 Å². The van der Waals surface area contributed by atoms with Crippen LogP contribution in [0, 0.1) is 18.3 Å². The maximum atomic E-state index is 10.4. The van der Waals surface area contributed by atoms with Gasteiger partial charge in [0.2, 0.25) is 0 Å². The molecule has 0 saturated carbocycles. The number of hydrogen-bond donors (Lipinski definition) is 1. The van der Waals surface area contributed by atoms with Crippen LogP contribution >= 0.6 is 0 Å². The maximum absolute atomic E-state index is 10.4. The van der Waals surface area contributed by atoms with Crippen molar-refractivity contribution in [3.8, 4) is 6.07 Å². The first-order chi connectivity index (χ1) is 8.52. The number of nitriles is 1. The molecule has 7 nitrogen and oxygen atoms in total.